The van der Waals surface area contributed by atoms with Gasteiger partial charge in [0.25, 0.3) is 0 Å². The van der Waals surface area contributed by atoms with Crippen LogP contribution in [-0.4, -0.2) is 32.1 Å². The second kappa shape index (κ2) is 5.93. The third kappa shape index (κ3) is 2.86. The van der Waals surface area contributed by atoms with Gasteiger partial charge in [-0.15, -0.1) is 11.3 Å². The van der Waals surface area contributed by atoms with E-state index < -0.39 is 5.97 Å². The van der Waals surface area contributed by atoms with Crippen molar-refractivity contribution in [1.82, 2.24) is 5.32 Å². The average molecular weight is 296 g/mol. The van der Waals surface area contributed by atoms with Crippen LogP contribution < -0.4 is 10.6 Å². The van der Waals surface area contributed by atoms with Gasteiger partial charge in [0.05, 0.1) is 12.8 Å². The Labute approximate surface area is 122 Å². The Morgan fingerprint density at radius 1 is 1.40 bits per heavy atom. The lowest BCUT2D eigenvalue weighted by Crippen LogP contribution is -2.43. The molecule has 20 heavy (non-hydrogen) atoms. The molecule has 0 radical (unpaired) electrons. The van der Waals surface area contributed by atoms with E-state index >= 15 is 0 Å². The van der Waals surface area contributed by atoms with Crippen LogP contribution >= 0.6 is 11.3 Å². The predicted octanol–water partition coefficient (Wildman–Crippen LogP) is 2.17. The molecule has 2 N–H and O–H groups in total. The summed E-state index contributed by atoms with van der Waals surface area (Å²) in [4.78, 5) is 24.7. The molecule has 0 unspecified atom stereocenters. The lowest BCUT2D eigenvalue weighted by Gasteiger charge is -2.32. The largest absolute Gasteiger partial charge is 0.465 e. The Morgan fingerprint density at radius 3 is 2.65 bits per heavy atom. The number of nitrogens with one attached hydrogen (secondary N) is 2. The minimum atomic E-state index is -0.408. The Balaban J connectivity index is 2.19. The van der Waals surface area contributed by atoms with Crippen LogP contribution in [0.1, 0.15) is 35.0 Å². The molecular formula is C14H20N2O3S. The maximum Gasteiger partial charge on any atom is 0.350 e. The maximum absolute atomic E-state index is 12.5. The van der Waals surface area contributed by atoms with Crippen LogP contribution in [0.25, 0.3) is 0 Å². The lowest BCUT2D eigenvalue weighted by atomic mass is 9.80. The van der Waals surface area contributed by atoms with Crippen molar-refractivity contribution < 1.29 is 14.3 Å². The van der Waals surface area contributed by atoms with Gasteiger partial charge in [-0.25, -0.2) is 4.79 Å². The second-order valence-corrected chi connectivity index (χ2v) is 6.26. The highest BCUT2D eigenvalue weighted by Gasteiger charge is 2.35. The number of anilines is 1. The number of hydrogen-bond acceptors (Lipinski definition) is 5. The molecule has 0 aliphatic carbocycles. The third-order valence-electron chi connectivity index (χ3n) is 3.84. The molecule has 1 aliphatic rings. The molecule has 6 heteroatoms. The summed E-state index contributed by atoms with van der Waals surface area (Å²) >= 11 is 1.29. The summed E-state index contributed by atoms with van der Waals surface area (Å²) in [6, 6.07) is 0. The predicted molar refractivity (Wildman–Crippen MR) is 79.2 cm³/mol. The molecule has 1 aromatic heterocycles. The number of amides is 1. The molecule has 1 amide bonds. The van der Waals surface area contributed by atoms with Crippen LogP contribution in [0.4, 0.5) is 5.69 Å². The molecule has 1 saturated heterocycles. The number of methoxy groups -OCH3 is 1. The van der Waals surface area contributed by atoms with E-state index in [1.165, 1.54) is 18.4 Å². The number of ether oxygens (including phenoxy) is 1. The van der Waals surface area contributed by atoms with E-state index in [0.717, 1.165) is 31.5 Å². The zero-order valence-corrected chi connectivity index (χ0v) is 12.9. The number of thiophene rings is 1. The topological polar surface area (TPSA) is 67.4 Å². The molecule has 0 aromatic carbocycles. The van der Waals surface area contributed by atoms with E-state index in [-0.39, 0.29) is 11.3 Å². The van der Waals surface area contributed by atoms with Crippen molar-refractivity contribution in [2.24, 2.45) is 5.41 Å². The standard InChI is InChI=1S/C14H20N2O3S/c1-9-8-20-11(12(17)19-3)10(9)16-13(18)14(2)4-6-15-7-5-14/h8,15H,4-7H2,1-3H3,(H,16,18). The molecule has 0 saturated carbocycles. The van der Waals surface area contributed by atoms with Crippen molar-refractivity contribution in [2.75, 3.05) is 25.5 Å². The first-order chi connectivity index (χ1) is 9.48. The van der Waals surface area contributed by atoms with Crippen molar-refractivity contribution in [3.63, 3.8) is 0 Å². The molecule has 0 spiro atoms. The molecule has 2 rings (SSSR count). The highest BCUT2D eigenvalue weighted by Crippen LogP contribution is 2.33. The maximum atomic E-state index is 12.5. The molecule has 1 aromatic rings. The first kappa shape index (κ1) is 15.0. The average Bonchev–Trinajstić information content (AvgIpc) is 2.80. The summed E-state index contributed by atoms with van der Waals surface area (Å²) in [5.41, 5.74) is 1.10. The number of aryl methyl sites for hydroxylation is 1. The normalized spacial score (nSPS) is 17.6. The Bertz CT molecular complexity index is 518. The van der Waals surface area contributed by atoms with Crippen molar-refractivity contribution in [3.05, 3.63) is 15.8 Å². The number of carbonyl (C=O) groups excluding carboxylic acids is 2. The van der Waals surface area contributed by atoms with Gasteiger partial charge in [-0.2, -0.15) is 0 Å². The number of hydrogen-bond donors (Lipinski definition) is 2. The zero-order chi connectivity index (χ0) is 14.8. The molecule has 0 bridgehead atoms. The minimum absolute atomic E-state index is 0.0225. The lowest BCUT2D eigenvalue weighted by molar-refractivity contribution is -0.126. The van der Waals surface area contributed by atoms with Crippen LogP contribution in [0.2, 0.25) is 0 Å². The monoisotopic (exact) mass is 296 g/mol. The molecular weight excluding hydrogens is 276 g/mol. The number of esters is 1. The van der Waals surface area contributed by atoms with Crippen LogP contribution in [-0.2, 0) is 9.53 Å². The van der Waals surface area contributed by atoms with Gasteiger partial charge in [0.2, 0.25) is 5.91 Å². The SMILES string of the molecule is COC(=O)c1scc(C)c1NC(=O)C1(C)CCNCC1. The van der Waals surface area contributed by atoms with E-state index in [1.54, 1.807) is 0 Å². The fourth-order valence-corrected chi connectivity index (χ4v) is 3.23. The van der Waals surface area contributed by atoms with Gasteiger partial charge in [-0.3, -0.25) is 4.79 Å². The quantitative estimate of drug-likeness (QED) is 0.839. The third-order valence-corrected chi connectivity index (χ3v) is 4.92. The van der Waals surface area contributed by atoms with Crippen molar-refractivity contribution >= 4 is 28.9 Å². The van der Waals surface area contributed by atoms with E-state index in [1.807, 2.05) is 19.2 Å². The second-order valence-electron chi connectivity index (χ2n) is 5.38. The van der Waals surface area contributed by atoms with Gasteiger partial charge in [0.1, 0.15) is 4.88 Å². The first-order valence-corrected chi connectivity index (χ1v) is 7.54. The molecule has 1 aliphatic heterocycles. The van der Waals surface area contributed by atoms with Gasteiger partial charge < -0.3 is 15.4 Å². The smallest absolute Gasteiger partial charge is 0.350 e. The summed E-state index contributed by atoms with van der Waals surface area (Å²) in [6.07, 6.45) is 1.60. The van der Waals surface area contributed by atoms with Gasteiger partial charge in [-0.1, -0.05) is 6.92 Å². The molecule has 110 valence electrons. The molecule has 2 heterocycles. The summed E-state index contributed by atoms with van der Waals surface area (Å²) in [7, 11) is 1.34. The Hall–Kier alpha value is -1.40. The molecule has 1 fully saturated rings. The number of piperidine rings is 1. The zero-order valence-electron chi connectivity index (χ0n) is 12.0. The van der Waals surface area contributed by atoms with Crippen LogP contribution in [0.15, 0.2) is 5.38 Å². The fourth-order valence-electron chi connectivity index (χ4n) is 2.31. The van der Waals surface area contributed by atoms with E-state index in [4.69, 9.17) is 4.74 Å². The fraction of sp³-hybridized carbons (Fsp3) is 0.571. The molecule has 0 atom stereocenters. The first-order valence-electron chi connectivity index (χ1n) is 6.66. The van der Waals surface area contributed by atoms with Gasteiger partial charge in [0, 0.05) is 5.41 Å². The van der Waals surface area contributed by atoms with E-state index in [2.05, 4.69) is 10.6 Å². The minimum Gasteiger partial charge on any atom is -0.465 e. The van der Waals surface area contributed by atoms with Crippen molar-refractivity contribution in [1.29, 1.82) is 0 Å². The summed E-state index contributed by atoms with van der Waals surface area (Å²) < 4.78 is 4.75. The van der Waals surface area contributed by atoms with Crippen LogP contribution in [0.3, 0.4) is 0 Å². The Morgan fingerprint density at radius 2 is 2.05 bits per heavy atom. The van der Waals surface area contributed by atoms with Gasteiger partial charge >= 0.3 is 5.97 Å². The van der Waals surface area contributed by atoms with Crippen LogP contribution in [0.5, 0.6) is 0 Å². The van der Waals surface area contributed by atoms with Crippen molar-refractivity contribution in [2.45, 2.75) is 26.7 Å². The van der Waals surface area contributed by atoms with E-state index in [0.29, 0.717) is 10.6 Å². The van der Waals surface area contributed by atoms with Gasteiger partial charge in [-0.05, 0) is 43.8 Å². The molecule has 5 nitrogen and oxygen atoms in total. The van der Waals surface area contributed by atoms with Gasteiger partial charge in [0.15, 0.2) is 0 Å². The highest BCUT2D eigenvalue weighted by molar-refractivity contribution is 7.12. The highest BCUT2D eigenvalue weighted by atomic mass is 32.1. The van der Waals surface area contributed by atoms with Crippen LogP contribution in [0, 0.1) is 12.3 Å². The Kier molecular flexibility index (Phi) is 4.45. The number of carbonyl (C=O) groups is 2. The van der Waals surface area contributed by atoms with Crippen molar-refractivity contribution in [3.8, 4) is 0 Å². The van der Waals surface area contributed by atoms with E-state index in [9.17, 15) is 9.59 Å². The summed E-state index contributed by atoms with van der Waals surface area (Å²) in [6.45, 7) is 5.54. The summed E-state index contributed by atoms with van der Waals surface area (Å²) in [5, 5.41) is 8.03. The summed E-state index contributed by atoms with van der Waals surface area (Å²) in [5.74, 6) is -0.431. The number of rotatable bonds is 3.